The fourth-order valence-corrected chi connectivity index (χ4v) is 3.18. The average molecular weight is 382 g/mol. The number of amides is 2. The predicted molar refractivity (Wildman–Crippen MR) is 102 cm³/mol. The van der Waals surface area contributed by atoms with Gasteiger partial charge in [0.25, 0.3) is 0 Å². The molecule has 0 atom stereocenters. The number of hydrogen-bond donors (Lipinski definition) is 2. The van der Waals surface area contributed by atoms with Crippen LogP contribution in [0, 0.1) is 5.41 Å². The van der Waals surface area contributed by atoms with E-state index in [-0.39, 0.29) is 18.6 Å². The van der Waals surface area contributed by atoms with Crippen molar-refractivity contribution in [2.24, 2.45) is 5.41 Å². The van der Waals surface area contributed by atoms with Gasteiger partial charge in [0.2, 0.25) is 18.6 Å². The lowest BCUT2D eigenvalue weighted by molar-refractivity contribution is -0.134. The second kappa shape index (κ2) is 7.42. The number of para-hydroxylation sites is 2. The van der Waals surface area contributed by atoms with E-state index in [4.69, 9.17) is 14.2 Å². The summed E-state index contributed by atoms with van der Waals surface area (Å²) in [7, 11) is 0. The highest BCUT2D eigenvalue weighted by Crippen LogP contribution is 2.47. The largest absolute Gasteiger partial charge is 0.492 e. The number of ether oxygens (including phenoxy) is 3. The maximum atomic E-state index is 12.8. The molecule has 2 aromatic rings. The Bertz CT molecular complexity index is 907. The number of fused-ring (bicyclic) bond motifs is 1. The van der Waals surface area contributed by atoms with Gasteiger partial charge in [-0.3, -0.25) is 9.59 Å². The summed E-state index contributed by atoms with van der Waals surface area (Å²) in [5.41, 5.74) is 0.440. The van der Waals surface area contributed by atoms with Crippen LogP contribution in [-0.2, 0) is 16.1 Å². The van der Waals surface area contributed by atoms with Crippen LogP contribution < -0.4 is 24.8 Å². The molecule has 0 bridgehead atoms. The smallest absolute Gasteiger partial charge is 0.240 e. The zero-order chi connectivity index (χ0) is 19.6. The number of rotatable bonds is 7. The van der Waals surface area contributed by atoms with Crippen LogP contribution in [0.2, 0.25) is 0 Å². The Hall–Kier alpha value is -3.22. The number of carbonyl (C=O) groups excluding carboxylic acids is 2. The van der Waals surface area contributed by atoms with E-state index in [1.807, 2.05) is 37.3 Å². The molecular formula is C21H22N2O5. The molecule has 1 fully saturated rings. The molecule has 0 spiro atoms. The third kappa shape index (κ3) is 3.47. The van der Waals surface area contributed by atoms with E-state index in [0.717, 1.165) is 5.56 Å². The van der Waals surface area contributed by atoms with Crippen LogP contribution in [0.25, 0.3) is 0 Å². The van der Waals surface area contributed by atoms with Crippen molar-refractivity contribution in [2.75, 3.05) is 18.7 Å². The summed E-state index contributed by atoms with van der Waals surface area (Å²) in [4.78, 5) is 25.5. The Labute approximate surface area is 163 Å². The van der Waals surface area contributed by atoms with Crippen LogP contribution in [0.1, 0.15) is 25.3 Å². The highest BCUT2D eigenvalue weighted by Gasteiger charge is 2.56. The lowest BCUT2D eigenvalue weighted by Crippen LogP contribution is -2.39. The minimum atomic E-state index is -1.02. The van der Waals surface area contributed by atoms with Crippen molar-refractivity contribution in [3.05, 3.63) is 48.0 Å². The van der Waals surface area contributed by atoms with E-state index in [9.17, 15) is 9.59 Å². The SMILES string of the molecule is CCOc1ccccc1NC(=O)C1(C(=O)NCc2ccc3c(c2)OCO3)CC1. The van der Waals surface area contributed by atoms with Crippen LogP contribution in [0.3, 0.4) is 0 Å². The lowest BCUT2D eigenvalue weighted by Gasteiger charge is -2.17. The summed E-state index contributed by atoms with van der Waals surface area (Å²) in [5, 5.41) is 5.72. The molecule has 2 amide bonds. The predicted octanol–water partition coefficient (Wildman–Crippen LogP) is 2.85. The van der Waals surface area contributed by atoms with Gasteiger partial charge in [0, 0.05) is 6.54 Å². The minimum absolute atomic E-state index is 0.206. The van der Waals surface area contributed by atoms with E-state index >= 15 is 0 Å². The number of benzene rings is 2. The van der Waals surface area contributed by atoms with Crippen molar-refractivity contribution >= 4 is 17.5 Å². The molecule has 0 radical (unpaired) electrons. The highest BCUT2D eigenvalue weighted by molar-refractivity contribution is 6.13. The minimum Gasteiger partial charge on any atom is -0.492 e. The van der Waals surface area contributed by atoms with Crippen molar-refractivity contribution in [1.82, 2.24) is 5.32 Å². The van der Waals surface area contributed by atoms with Crippen molar-refractivity contribution in [3.8, 4) is 17.2 Å². The van der Waals surface area contributed by atoms with Gasteiger partial charge in [0.1, 0.15) is 11.2 Å². The van der Waals surface area contributed by atoms with Crippen molar-refractivity contribution in [1.29, 1.82) is 0 Å². The summed E-state index contributed by atoms with van der Waals surface area (Å²) in [6, 6.07) is 12.7. The van der Waals surface area contributed by atoms with Gasteiger partial charge in [-0.2, -0.15) is 0 Å². The molecule has 146 valence electrons. The van der Waals surface area contributed by atoms with Gasteiger partial charge in [0.05, 0.1) is 12.3 Å². The van der Waals surface area contributed by atoms with Gasteiger partial charge < -0.3 is 24.8 Å². The van der Waals surface area contributed by atoms with Crippen molar-refractivity contribution in [2.45, 2.75) is 26.3 Å². The van der Waals surface area contributed by atoms with Gasteiger partial charge in [-0.25, -0.2) is 0 Å². The maximum Gasteiger partial charge on any atom is 0.240 e. The summed E-state index contributed by atoms with van der Waals surface area (Å²) in [6.45, 7) is 2.90. The fraction of sp³-hybridized carbons (Fsp3) is 0.333. The monoisotopic (exact) mass is 382 g/mol. The number of anilines is 1. The van der Waals surface area contributed by atoms with Gasteiger partial charge in [0.15, 0.2) is 11.5 Å². The van der Waals surface area contributed by atoms with Crippen LogP contribution in [-0.4, -0.2) is 25.2 Å². The fourth-order valence-electron chi connectivity index (χ4n) is 3.18. The molecule has 1 aliphatic carbocycles. The second-order valence-electron chi connectivity index (χ2n) is 6.84. The molecular weight excluding hydrogens is 360 g/mol. The first-order valence-corrected chi connectivity index (χ1v) is 9.32. The highest BCUT2D eigenvalue weighted by atomic mass is 16.7. The lowest BCUT2D eigenvalue weighted by atomic mass is 10.0. The molecule has 1 aliphatic heterocycles. The third-order valence-corrected chi connectivity index (χ3v) is 4.94. The zero-order valence-corrected chi connectivity index (χ0v) is 15.6. The summed E-state index contributed by atoms with van der Waals surface area (Å²) >= 11 is 0. The summed E-state index contributed by atoms with van der Waals surface area (Å²) < 4.78 is 16.2. The molecule has 2 aromatic carbocycles. The second-order valence-corrected chi connectivity index (χ2v) is 6.84. The Morgan fingerprint density at radius 3 is 2.64 bits per heavy atom. The quantitative estimate of drug-likeness (QED) is 0.719. The molecule has 0 saturated heterocycles. The third-order valence-electron chi connectivity index (χ3n) is 4.94. The molecule has 4 rings (SSSR count). The number of hydrogen-bond acceptors (Lipinski definition) is 5. The van der Waals surface area contributed by atoms with Crippen LogP contribution in [0.5, 0.6) is 17.2 Å². The van der Waals surface area contributed by atoms with E-state index in [2.05, 4.69) is 10.6 Å². The van der Waals surface area contributed by atoms with Gasteiger partial charge in [-0.05, 0) is 49.6 Å². The molecule has 0 unspecified atom stereocenters. The Morgan fingerprint density at radius 2 is 1.86 bits per heavy atom. The first-order chi connectivity index (χ1) is 13.6. The van der Waals surface area contributed by atoms with Gasteiger partial charge >= 0.3 is 0 Å². The van der Waals surface area contributed by atoms with Crippen LogP contribution in [0.15, 0.2) is 42.5 Å². The maximum absolute atomic E-state index is 12.8. The van der Waals surface area contributed by atoms with Crippen molar-refractivity contribution in [3.63, 3.8) is 0 Å². The molecule has 7 heteroatoms. The first kappa shape index (κ1) is 18.2. The van der Waals surface area contributed by atoms with Crippen LogP contribution in [0.4, 0.5) is 5.69 Å². The summed E-state index contributed by atoms with van der Waals surface area (Å²) in [6.07, 6.45) is 1.06. The van der Waals surface area contributed by atoms with Gasteiger partial charge in [-0.1, -0.05) is 18.2 Å². The molecule has 0 aromatic heterocycles. The molecule has 1 heterocycles. The molecule has 7 nitrogen and oxygen atoms in total. The van der Waals surface area contributed by atoms with E-state index in [0.29, 0.717) is 48.9 Å². The Kier molecular flexibility index (Phi) is 4.81. The summed E-state index contributed by atoms with van der Waals surface area (Å²) in [5.74, 6) is 1.38. The number of nitrogens with one attached hydrogen (secondary N) is 2. The van der Waals surface area contributed by atoms with Crippen LogP contribution >= 0.6 is 0 Å². The average Bonchev–Trinajstić information content (AvgIpc) is 3.39. The normalized spacial score (nSPS) is 15.6. The molecule has 1 saturated carbocycles. The van der Waals surface area contributed by atoms with Gasteiger partial charge in [-0.15, -0.1) is 0 Å². The van der Waals surface area contributed by atoms with E-state index in [1.165, 1.54) is 0 Å². The number of carbonyl (C=O) groups is 2. The Balaban J connectivity index is 1.39. The topological polar surface area (TPSA) is 85.9 Å². The van der Waals surface area contributed by atoms with E-state index < -0.39 is 5.41 Å². The van der Waals surface area contributed by atoms with Crippen molar-refractivity contribution < 1.29 is 23.8 Å². The van der Waals surface area contributed by atoms with E-state index in [1.54, 1.807) is 12.1 Å². The zero-order valence-electron chi connectivity index (χ0n) is 15.6. The Morgan fingerprint density at radius 1 is 1.07 bits per heavy atom. The first-order valence-electron chi connectivity index (χ1n) is 9.32. The standard InChI is InChI=1S/C21H22N2O5/c1-2-26-16-6-4-3-5-15(16)23-20(25)21(9-10-21)19(24)22-12-14-7-8-17-18(11-14)28-13-27-17/h3-8,11H,2,9-10,12-13H2,1H3,(H,22,24)(H,23,25). The molecule has 28 heavy (non-hydrogen) atoms. The molecule has 2 aliphatic rings. The molecule has 2 N–H and O–H groups in total.